The highest BCUT2D eigenvalue weighted by molar-refractivity contribution is 6.97. The molecule has 0 spiro atoms. The van der Waals surface area contributed by atoms with Gasteiger partial charge in [-0.1, -0.05) is 6.92 Å². The zero-order chi connectivity index (χ0) is 11.4. The smallest absolute Gasteiger partial charge is 0.480 e. The van der Waals surface area contributed by atoms with E-state index in [9.17, 15) is 14.4 Å². The molecule has 0 saturated heterocycles. The molecule has 0 aromatic rings. The van der Waals surface area contributed by atoms with Crippen molar-refractivity contribution in [2.75, 3.05) is 0 Å². The van der Waals surface area contributed by atoms with E-state index in [-0.39, 0.29) is 11.8 Å². The Morgan fingerprint density at radius 2 is 1.43 bits per heavy atom. The lowest BCUT2D eigenvalue weighted by Crippen LogP contribution is -2.49. The SMILES string of the molecule is CCC(=O)[Si](C)(OC(C)=O)OC(C)=O. The van der Waals surface area contributed by atoms with Gasteiger partial charge < -0.3 is 8.85 Å². The van der Waals surface area contributed by atoms with Crippen molar-refractivity contribution in [2.24, 2.45) is 0 Å². The number of carbonyl (C=O) groups is 3. The first-order valence-electron chi connectivity index (χ1n) is 4.24. The highest BCUT2D eigenvalue weighted by Gasteiger charge is 2.45. The van der Waals surface area contributed by atoms with Crippen molar-refractivity contribution in [1.29, 1.82) is 0 Å². The Bertz CT molecular complexity index is 244. The summed E-state index contributed by atoms with van der Waals surface area (Å²) in [4.78, 5) is 32.9. The van der Waals surface area contributed by atoms with Crippen LogP contribution in [0.3, 0.4) is 0 Å². The average molecular weight is 218 g/mol. The van der Waals surface area contributed by atoms with E-state index >= 15 is 0 Å². The Hall–Kier alpha value is -1.17. The molecular formula is C8H14O5Si. The van der Waals surface area contributed by atoms with Gasteiger partial charge in [-0.25, -0.2) is 0 Å². The zero-order valence-electron chi connectivity index (χ0n) is 8.75. The molecule has 80 valence electrons. The van der Waals surface area contributed by atoms with Gasteiger partial charge in [-0.3, -0.25) is 14.4 Å². The van der Waals surface area contributed by atoms with Gasteiger partial charge in [-0.15, -0.1) is 0 Å². The third kappa shape index (κ3) is 3.69. The van der Waals surface area contributed by atoms with Crippen molar-refractivity contribution in [3.63, 3.8) is 0 Å². The Labute approximate surface area is 83.6 Å². The second-order valence-corrected chi connectivity index (χ2v) is 5.77. The van der Waals surface area contributed by atoms with Crippen molar-refractivity contribution in [1.82, 2.24) is 0 Å². The largest absolute Gasteiger partial charge is 0.533 e. The Morgan fingerprint density at radius 1 is 1.07 bits per heavy atom. The van der Waals surface area contributed by atoms with Crippen molar-refractivity contribution in [3.05, 3.63) is 0 Å². The van der Waals surface area contributed by atoms with Crippen molar-refractivity contribution >= 4 is 25.9 Å². The minimum atomic E-state index is -3.32. The van der Waals surface area contributed by atoms with E-state index in [1.807, 2.05) is 0 Å². The van der Waals surface area contributed by atoms with Crippen LogP contribution in [0.4, 0.5) is 0 Å². The molecule has 0 amide bonds. The molecule has 5 nitrogen and oxygen atoms in total. The third-order valence-corrected chi connectivity index (χ3v) is 4.23. The van der Waals surface area contributed by atoms with E-state index < -0.39 is 20.5 Å². The van der Waals surface area contributed by atoms with Crippen LogP contribution < -0.4 is 0 Å². The van der Waals surface area contributed by atoms with E-state index in [1.54, 1.807) is 6.92 Å². The lowest BCUT2D eigenvalue weighted by Gasteiger charge is -2.22. The molecule has 0 aliphatic carbocycles. The summed E-state index contributed by atoms with van der Waals surface area (Å²) < 4.78 is 9.62. The van der Waals surface area contributed by atoms with Crippen LogP contribution in [-0.4, -0.2) is 25.9 Å². The van der Waals surface area contributed by atoms with Crippen molar-refractivity contribution in [3.8, 4) is 0 Å². The summed E-state index contributed by atoms with van der Waals surface area (Å²) >= 11 is 0. The molecule has 0 saturated carbocycles. The molecule has 0 aliphatic heterocycles. The zero-order valence-corrected chi connectivity index (χ0v) is 9.75. The van der Waals surface area contributed by atoms with Gasteiger partial charge in [0.25, 0.3) is 11.9 Å². The van der Waals surface area contributed by atoms with Crippen molar-refractivity contribution in [2.45, 2.75) is 33.7 Å². The van der Waals surface area contributed by atoms with E-state index in [0.717, 1.165) is 0 Å². The molecule has 0 fully saturated rings. The first-order chi connectivity index (χ1) is 6.31. The maximum absolute atomic E-state index is 11.4. The summed E-state index contributed by atoms with van der Waals surface area (Å²) in [6.07, 6.45) is 0.184. The van der Waals surface area contributed by atoms with E-state index in [1.165, 1.54) is 20.4 Å². The first-order valence-corrected chi connectivity index (χ1v) is 6.56. The summed E-state index contributed by atoms with van der Waals surface area (Å²) in [5.41, 5.74) is 0. The maximum Gasteiger partial charge on any atom is 0.533 e. The summed E-state index contributed by atoms with van der Waals surface area (Å²) in [6.45, 7) is 5.37. The molecule has 0 unspecified atom stereocenters. The average Bonchev–Trinajstić information content (AvgIpc) is 1.99. The van der Waals surface area contributed by atoms with Gasteiger partial charge in [-0.05, 0) is 0 Å². The lowest BCUT2D eigenvalue weighted by atomic mass is 10.6. The van der Waals surface area contributed by atoms with Gasteiger partial charge in [0.15, 0.2) is 5.41 Å². The summed E-state index contributed by atoms with van der Waals surface area (Å²) in [5.74, 6) is -1.22. The maximum atomic E-state index is 11.4. The first kappa shape index (κ1) is 12.8. The van der Waals surface area contributed by atoms with Crippen LogP contribution in [0.2, 0.25) is 6.55 Å². The molecular weight excluding hydrogens is 204 g/mol. The standard InChI is InChI=1S/C8H14O5Si/c1-5-8(11)14(4,12-6(2)9)13-7(3)10/h5H2,1-4H3. The van der Waals surface area contributed by atoms with Gasteiger partial charge in [-0.2, -0.15) is 0 Å². The lowest BCUT2D eigenvalue weighted by molar-refractivity contribution is -0.141. The van der Waals surface area contributed by atoms with Gasteiger partial charge in [0, 0.05) is 26.8 Å². The van der Waals surface area contributed by atoms with E-state index in [0.29, 0.717) is 0 Å². The third-order valence-electron chi connectivity index (χ3n) is 1.50. The van der Waals surface area contributed by atoms with Crippen LogP contribution >= 0.6 is 0 Å². The normalized spacial score (nSPS) is 10.6. The number of hydrogen-bond donors (Lipinski definition) is 0. The predicted molar refractivity (Wildman–Crippen MR) is 50.4 cm³/mol. The fourth-order valence-corrected chi connectivity index (χ4v) is 3.01. The number of hydrogen-bond acceptors (Lipinski definition) is 5. The molecule has 0 aliphatic rings. The van der Waals surface area contributed by atoms with E-state index in [2.05, 4.69) is 0 Å². The Kier molecular flexibility index (Phi) is 4.49. The Balaban J connectivity index is 4.74. The minimum absolute atomic E-state index is 0.184. The summed E-state index contributed by atoms with van der Waals surface area (Å²) in [5, 5.41) is -0.317. The molecule has 0 rings (SSSR count). The fourth-order valence-electron chi connectivity index (χ4n) is 1.00. The summed E-state index contributed by atoms with van der Waals surface area (Å²) in [6, 6.07) is 0. The molecule has 14 heavy (non-hydrogen) atoms. The molecule has 0 aromatic heterocycles. The van der Waals surface area contributed by atoms with Crippen LogP contribution in [0.15, 0.2) is 0 Å². The van der Waals surface area contributed by atoms with Gasteiger partial charge >= 0.3 is 8.56 Å². The monoisotopic (exact) mass is 218 g/mol. The molecule has 0 bridgehead atoms. The van der Waals surface area contributed by atoms with E-state index in [4.69, 9.17) is 8.85 Å². The van der Waals surface area contributed by atoms with Crippen molar-refractivity contribution < 1.29 is 23.2 Å². The fraction of sp³-hybridized carbons (Fsp3) is 0.625. The molecule has 0 atom stereocenters. The molecule has 0 heterocycles. The predicted octanol–water partition coefficient (Wildman–Crippen LogP) is 0.703. The highest BCUT2D eigenvalue weighted by Crippen LogP contribution is 2.11. The van der Waals surface area contributed by atoms with Gasteiger partial charge in [0.1, 0.15) is 0 Å². The van der Waals surface area contributed by atoms with Crippen LogP contribution in [0.25, 0.3) is 0 Å². The number of carbonyl (C=O) groups excluding carboxylic acids is 3. The van der Waals surface area contributed by atoms with Crippen LogP contribution in [0, 0.1) is 0 Å². The second kappa shape index (κ2) is 4.90. The van der Waals surface area contributed by atoms with Crippen LogP contribution in [-0.2, 0) is 23.2 Å². The summed E-state index contributed by atoms with van der Waals surface area (Å²) in [7, 11) is -3.32. The van der Waals surface area contributed by atoms with Crippen LogP contribution in [0.5, 0.6) is 0 Å². The second-order valence-electron chi connectivity index (χ2n) is 2.91. The molecule has 0 N–H and O–H groups in total. The highest BCUT2D eigenvalue weighted by atomic mass is 28.4. The Morgan fingerprint density at radius 3 is 1.64 bits per heavy atom. The topological polar surface area (TPSA) is 69.7 Å². The van der Waals surface area contributed by atoms with Gasteiger partial charge in [0.05, 0.1) is 0 Å². The van der Waals surface area contributed by atoms with Gasteiger partial charge in [0.2, 0.25) is 0 Å². The molecule has 0 radical (unpaired) electrons. The number of rotatable bonds is 4. The molecule has 6 heteroatoms. The van der Waals surface area contributed by atoms with Crippen LogP contribution in [0.1, 0.15) is 27.2 Å². The minimum Gasteiger partial charge on any atom is -0.480 e. The molecule has 0 aromatic carbocycles. The quantitative estimate of drug-likeness (QED) is 0.650.